The van der Waals surface area contributed by atoms with Gasteiger partial charge < -0.3 is 24.7 Å². The van der Waals surface area contributed by atoms with E-state index in [1.807, 2.05) is 36.4 Å². The summed E-state index contributed by atoms with van der Waals surface area (Å²) in [7, 11) is 4.84. The van der Waals surface area contributed by atoms with Crippen LogP contribution in [0, 0.1) is 0 Å². The molecule has 136 valence electrons. The van der Waals surface area contributed by atoms with Crippen LogP contribution >= 0.6 is 0 Å². The summed E-state index contributed by atoms with van der Waals surface area (Å²) in [6.45, 7) is 0.837. The molecule has 0 amide bonds. The number of aromatic nitrogens is 2. The van der Waals surface area contributed by atoms with Crippen LogP contribution < -0.4 is 19.9 Å². The van der Waals surface area contributed by atoms with Crippen LogP contribution in [0.15, 0.2) is 36.4 Å². The summed E-state index contributed by atoms with van der Waals surface area (Å²) in [5, 5.41) is 0.780. The van der Waals surface area contributed by atoms with E-state index < -0.39 is 0 Å². The number of fused-ring (bicyclic) bond motifs is 1. The van der Waals surface area contributed by atoms with Crippen molar-refractivity contribution in [3.8, 4) is 28.5 Å². The molecule has 0 bridgehead atoms. The topological polar surface area (TPSA) is 88.7 Å². The van der Waals surface area contributed by atoms with Gasteiger partial charge in [0, 0.05) is 7.11 Å². The standard InChI is InChI=1S/C19H21N3O4/c1-23-8-9-26-18-14-10-12(4-6-15(14)21-19(20)22-18)13-5-7-16(24-2)17(11-13)25-3/h4-7,10-11H,8-9H2,1-3H3,(H2,20,21,22). The monoisotopic (exact) mass is 355 g/mol. The number of anilines is 1. The van der Waals surface area contributed by atoms with E-state index in [1.54, 1.807) is 21.3 Å². The van der Waals surface area contributed by atoms with Crippen molar-refractivity contribution < 1.29 is 18.9 Å². The highest BCUT2D eigenvalue weighted by Gasteiger charge is 2.11. The van der Waals surface area contributed by atoms with E-state index in [0.29, 0.717) is 36.1 Å². The molecule has 0 aliphatic carbocycles. The van der Waals surface area contributed by atoms with Crippen LogP contribution in [-0.2, 0) is 4.74 Å². The maximum absolute atomic E-state index is 5.78. The molecule has 0 atom stereocenters. The van der Waals surface area contributed by atoms with E-state index in [0.717, 1.165) is 16.5 Å². The summed E-state index contributed by atoms with van der Waals surface area (Å²) >= 11 is 0. The van der Waals surface area contributed by atoms with Crippen molar-refractivity contribution in [3.05, 3.63) is 36.4 Å². The van der Waals surface area contributed by atoms with Crippen LogP contribution in [0.1, 0.15) is 0 Å². The molecule has 0 spiro atoms. The first kappa shape index (κ1) is 17.8. The highest BCUT2D eigenvalue weighted by molar-refractivity contribution is 5.89. The minimum Gasteiger partial charge on any atom is -0.493 e. The fourth-order valence-electron chi connectivity index (χ4n) is 2.64. The molecule has 1 heterocycles. The van der Waals surface area contributed by atoms with Gasteiger partial charge in [0.1, 0.15) is 6.61 Å². The molecule has 0 saturated carbocycles. The maximum Gasteiger partial charge on any atom is 0.226 e. The van der Waals surface area contributed by atoms with Gasteiger partial charge in [-0.2, -0.15) is 4.98 Å². The number of methoxy groups -OCH3 is 3. The van der Waals surface area contributed by atoms with Crippen LogP contribution in [0.5, 0.6) is 17.4 Å². The smallest absolute Gasteiger partial charge is 0.226 e. The Morgan fingerprint density at radius 3 is 2.31 bits per heavy atom. The van der Waals surface area contributed by atoms with Crippen molar-refractivity contribution in [1.29, 1.82) is 0 Å². The van der Waals surface area contributed by atoms with Crippen molar-refractivity contribution in [1.82, 2.24) is 9.97 Å². The number of hydrogen-bond acceptors (Lipinski definition) is 7. The quantitative estimate of drug-likeness (QED) is 0.652. The van der Waals surface area contributed by atoms with Crippen molar-refractivity contribution in [2.75, 3.05) is 40.3 Å². The molecule has 0 radical (unpaired) electrons. The molecule has 3 rings (SSSR count). The third kappa shape index (κ3) is 3.62. The van der Waals surface area contributed by atoms with Crippen LogP contribution in [0.4, 0.5) is 5.95 Å². The number of ether oxygens (including phenoxy) is 4. The zero-order valence-electron chi connectivity index (χ0n) is 15.0. The van der Waals surface area contributed by atoms with Crippen molar-refractivity contribution in [2.45, 2.75) is 0 Å². The normalized spacial score (nSPS) is 10.7. The predicted molar refractivity (Wildman–Crippen MR) is 99.9 cm³/mol. The number of nitrogens with two attached hydrogens (primary N) is 1. The van der Waals surface area contributed by atoms with Gasteiger partial charge in [-0.1, -0.05) is 12.1 Å². The Morgan fingerprint density at radius 1 is 0.846 bits per heavy atom. The second-order valence-electron chi connectivity index (χ2n) is 5.53. The van der Waals surface area contributed by atoms with Gasteiger partial charge in [0.25, 0.3) is 0 Å². The van der Waals surface area contributed by atoms with Crippen LogP contribution in [0.25, 0.3) is 22.0 Å². The fourth-order valence-corrected chi connectivity index (χ4v) is 2.64. The Hall–Kier alpha value is -3.06. The van der Waals surface area contributed by atoms with Crippen molar-refractivity contribution in [2.24, 2.45) is 0 Å². The van der Waals surface area contributed by atoms with E-state index >= 15 is 0 Å². The lowest BCUT2D eigenvalue weighted by Gasteiger charge is -2.12. The van der Waals surface area contributed by atoms with Crippen LogP contribution in [-0.4, -0.2) is 44.5 Å². The molecule has 0 aliphatic rings. The van der Waals surface area contributed by atoms with Gasteiger partial charge in [0.05, 0.1) is 31.7 Å². The lowest BCUT2D eigenvalue weighted by molar-refractivity contribution is 0.144. The number of benzene rings is 2. The molecule has 0 aliphatic heterocycles. The van der Waals surface area contributed by atoms with Gasteiger partial charge >= 0.3 is 0 Å². The average molecular weight is 355 g/mol. The number of rotatable bonds is 7. The lowest BCUT2D eigenvalue weighted by Crippen LogP contribution is -2.07. The molecular formula is C19H21N3O4. The Labute approximate surface area is 151 Å². The van der Waals surface area contributed by atoms with Gasteiger partial charge in [-0.3, -0.25) is 0 Å². The second-order valence-corrected chi connectivity index (χ2v) is 5.53. The minimum absolute atomic E-state index is 0.170. The summed E-state index contributed by atoms with van der Waals surface area (Å²) in [5.74, 6) is 1.95. The zero-order valence-corrected chi connectivity index (χ0v) is 15.0. The van der Waals surface area contributed by atoms with E-state index in [2.05, 4.69) is 9.97 Å². The Balaban J connectivity index is 2.05. The lowest BCUT2D eigenvalue weighted by atomic mass is 10.0. The molecule has 0 fully saturated rings. The number of hydrogen-bond donors (Lipinski definition) is 1. The predicted octanol–water partition coefficient (Wildman–Crippen LogP) is 2.92. The average Bonchev–Trinajstić information content (AvgIpc) is 2.67. The van der Waals surface area contributed by atoms with Crippen molar-refractivity contribution >= 4 is 16.9 Å². The van der Waals surface area contributed by atoms with Gasteiger partial charge in [0.2, 0.25) is 11.8 Å². The number of nitrogens with zero attached hydrogens (tertiary/aromatic N) is 2. The largest absolute Gasteiger partial charge is 0.493 e. The summed E-state index contributed by atoms with van der Waals surface area (Å²) in [6, 6.07) is 11.6. The Kier molecular flexibility index (Phi) is 5.38. The third-order valence-corrected chi connectivity index (χ3v) is 3.92. The van der Waals surface area contributed by atoms with Gasteiger partial charge in [-0.25, -0.2) is 4.98 Å². The maximum atomic E-state index is 5.78. The summed E-state index contributed by atoms with van der Waals surface area (Å²) in [4.78, 5) is 8.48. The Morgan fingerprint density at radius 2 is 1.58 bits per heavy atom. The molecule has 2 N–H and O–H groups in total. The molecular weight excluding hydrogens is 334 g/mol. The van der Waals surface area contributed by atoms with Crippen LogP contribution in [0.2, 0.25) is 0 Å². The van der Waals surface area contributed by atoms with Crippen LogP contribution in [0.3, 0.4) is 0 Å². The first-order valence-corrected chi connectivity index (χ1v) is 8.07. The van der Waals surface area contributed by atoms with Gasteiger partial charge in [0.15, 0.2) is 11.5 Å². The molecule has 7 heteroatoms. The van der Waals surface area contributed by atoms with E-state index in [4.69, 9.17) is 24.7 Å². The molecule has 1 aromatic heterocycles. The molecule has 0 saturated heterocycles. The molecule has 2 aromatic carbocycles. The van der Waals surface area contributed by atoms with Crippen molar-refractivity contribution in [3.63, 3.8) is 0 Å². The SMILES string of the molecule is COCCOc1nc(N)nc2ccc(-c3ccc(OC)c(OC)c3)cc12. The van der Waals surface area contributed by atoms with E-state index in [9.17, 15) is 0 Å². The van der Waals surface area contributed by atoms with E-state index in [-0.39, 0.29) is 5.95 Å². The first-order chi connectivity index (χ1) is 12.7. The zero-order chi connectivity index (χ0) is 18.5. The molecule has 0 unspecified atom stereocenters. The summed E-state index contributed by atoms with van der Waals surface area (Å²) in [6.07, 6.45) is 0. The second kappa shape index (κ2) is 7.88. The third-order valence-electron chi connectivity index (χ3n) is 3.92. The summed E-state index contributed by atoms with van der Waals surface area (Å²) in [5.41, 5.74) is 8.45. The van der Waals surface area contributed by atoms with Gasteiger partial charge in [-0.15, -0.1) is 0 Å². The number of nitrogen functional groups attached to an aromatic ring is 1. The molecule has 26 heavy (non-hydrogen) atoms. The molecule has 3 aromatic rings. The highest BCUT2D eigenvalue weighted by atomic mass is 16.5. The minimum atomic E-state index is 0.170. The highest BCUT2D eigenvalue weighted by Crippen LogP contribution is 2.34. The summed E-state index contributed by atoms with van der Waals surface area (Å²) < 4.78 is 21.4. The fraction of sp³-hybridized carbons (Fsp3) is 0.263. The first-order valence-electron chi connectivity index (χ1n) is 8.07. The van der Waals surface area contributed by atoms with E-state index in [1.165, 1.54) is 0 Å². The molecule has 7 nitrogen and oxygen atoms in total. The Bertz CT molecular complexity index is 915. The van der Waals surface area contributed by atoms with Gasteiger partial charge in [-0.05, 0) is 35.4 Å².